The highest BCUT2D eigenvalue weighted by Crippen LogP contribution is 1.80. The lowest BCUT2D eigenvalue weighted by Crippen LogP contribution is -1.74. The van der Waals surface area contributed by atoms with E-state index in [0.29, 0.717) is 6.61 Å². The first kappa shape index (κ1) is 10.1. The fraction of sp³-hybridized carbons (Fsp3) is 1.00. The molecule has 0 aliphatic heterocycles. The smallest absolute Gasteiger partial charge is 0.279 e. The molecule has 0 rings (SSSR count). The maximum absolute atomic E-state index is 4.80. The van der Waals surface area contributed by atoms with Crippen molar-refractivity contribution in [1.82, 2.24) is 0 Å². The van der Waals surface area contributed by atoms with E-state index in [4.69, 9.17) is 11.9 Å². The largest absolute Gasteiger partial charge is 0.316 e. The summed E-state index contributed by atoms with van der Waals surface area (Å²) in [4.78, 5) is 0. The molecule has 0 aliphatic rings. The van der Waals surface area contributed by atoms with E-state index in [9.17, 15) is 0 Å². The Kier molecular flexibility index (Phi) is 15.8. The van der Waals surface area contributed by atoms with Gasteiger partial charge in [0.2, 0.25) is 0 Å². The van der Waals surface area contributed by atoms with E-state index < -0.39 is 0 Å². The summed E-state index contributed by atoms with van der Waals surface area (Å²) in [5.74, 6) is 0. The Balaban J connectivity index is 0. The molecule has 0 bridgehead atoms. The summed E-state index contributed by atoms with van der Waals surface area (Å²) in [5, 5.41) is 0. The molecule has 0 N–H and O–H groups in total. The molecular formula is C3H9ClMgO. The molecule has 0 unspecified atom stereocenters. The van der Waals surface area contributed by atoms with E-state index in [0.717, 1.165) is 6.42 Å². The van der Waals surface area contributed by atoms with Gasteiger partial charge in [-0.2, -0.15) is 0 Å². The molecule has 0 radical (unpaired) electrons. The van der Waals surface area contributed by atoms with E-state index in [1.54, 1.807) is 0 Å². The minimum Gasteiger partial charge on any atom is -0.279 e. The van der Waals surface area contributed by atoms with Crippen LogP contribution in [-0.2, 0) is 4.29 Å². The van der Waals surface area contributed by atoms with Crippen molar-refractivity contribution in [2.45, 2.75) is 13.3 Å². The molecule has 0 saturated heterocycles. The third kappa shape index (κ3) is 8.89. The first-order chi connectivity index (χ1) is 2.41. The Bertz CT molecular complexity index is 18.3. The summed E-state index contributed by atoms with van der Waals surface area (Å²) in [6.07, 6.45) is 0.990. The van der Waals surface area contributed by atoms with Crippen LogP contribution in [0.4, 0.5) is 0 Å². The van der Waals surface area contributed by atoms with Gasteiger partial charge in [-0.15, -0.1) is 0 Å². The van der Waals surface area contributed by atoms with Crippen LogP contribution in [0.1, 0.15) is 13.3 Å². The summed E-state index contributed by atoms with van der Waals surface area (Å²) in [6.45, 7) is 2.66. The molecule has 0 heterocycles. The third-order valence-electron chi connectivity index (χ3n) is 0.281. The van der Waals surface area contributed by atoms with Crippen molar-refractivity contribution < 1.29 is 4.29 Å². The first-order valence-electron chi connectivity index (χ1n) is 1.65. The van der Waals surface area contributed by atoms with Crippen LogP contribution in [0.25, 0.3) is 0 Å². The molecule has 0 aromatic rings. The molecule has 0 atom stereocenters. The Labute approximate surface area is 59.3 Å². The topological polar surface area (TPSA) is 9.23 Å². The molecule has 6 heavy (non-hydrogen) atoms. The van der Waals surface area contributed by atoms with Crippen molar-refractivity contribution in [1.29, 1.82) is 0 Å². The second-order valence-electron chi connectivity index (χ2n) is 0.813. The standard InChI is InChI=1S/C3H7ClO.Mg.2H/c1-2-3-5-4;;;/h2-3H2,1H3;;;. The van der Waals surface area contributed by atoms with Gasteiger partial charge in [-0.25, -0.2) is 0 Å². The van der Waals surface area contributed by atoms with Crippen LogP contribution in [0.3, 0.4) is 0 Å². The zero-order valence-electron chi connectivity index (χ0n) is 3.20. The molecular weight excluding hydrogens is 112 g/mol. The van der Waals surface area contributed by atoms with Crippen molar-refractivity contribution >= 4 is 34.9 Å². The summed E-state index contributed by atoms with van der Waals surface area (Å²) in [7, 11) is 0. The molecule has 0 aromatic carbocycles. The van der Waals surface area contributed by atoms with Crippen LogP contribution in [0, 0.1) is 0 Å². The van der Waals surface area contributed by atoms with E-state index in [-0.39, 0.29) is 23.1 Å². The van der Waals surface area contributed by atoms with Gasteiger partial charge in [0, 0.05) is 0 Å². The Morgan fingerprint density at radius 2 is 2.17 bits per heavy atom. The lowest BCUT2D eigenvalue weighted by Gasteiger charge is -1.80. The summed E-state index contributed by atoms with van der Waals surface area (Å²) in [6, 6.07) is 0. The maximum Gasteiger partial charge on any atom is 0.316 e. The van der Waals surface area contributed by atoms with Gasteiger partial charge >= 0.3 is 23.1 Å². The maximum atomic E-state index is 4.80. The van der Waals surface area contributed by atoms with Gasteiger partial charge in [-0.3, -0.25) is 4.29 Å². The predicted molar refractivity (Wildman–Crippen MR) is 30.6 cm³/mol. The number of hydrogen-bond donors (Lipinski definition) is 0. The summed E-state index contributed by atoms with van der Waals surface area (Å²) in [5.41, 5.74) is 0. The highest BCUT2D eigenvalue weighted by Gasteiger charge is 1.69. The Morgan fingerprint density at radius 3 is 2.17 bits per heavy atom. The van der Waals surface area contributed by atoms with Crippen molar-refractivity contribution in [3.05, 3.63) is 0 Å². The number of rotatable bonds is 2. The van der Waals surface area contributed by atoms with Crippen LogP contribution in [0.5, 0.6) is 0 Å². The van der Waals surface area contributed by atoms with Crippen LogP contribution >= 0.6 is 11.9 Å². The average molecular weight is 121 g/mol. The SMILES string of the molecule is CCCOCl.[MgH2]. The predicted octanol–water partition coefficient (Wildman–Crippen LogP) is 0.651. The quantitative estimate of drug-likeness (QED) is 0.487. The number of hydrogen-bond acceptors (Lipinski definition) is 1. The van der Waals surface area contributed by atoms with E-state index in [1.165, 1.54) is 0 Å². The highest BCUT2D eigenvalue weighted by atomic mass is 35.5. The second-order valence-corrected chi connectivity index (χ2v) is 1.03. The molecule has 3 heteroatoms. The van der Waals surface area contributed by atoms with Gasteiger partial charge in [0.25, 0.3) is 0 Å². The molecule has 0 amide bonds. The molecule has 0 aliphatic carbocycles. The lowest BCUT2D eigenvalue weighted by atomic mass is 10.5. The minimum absolute atomic E-state index is 0. The number of halogens is 1. The van der Waals surface area contributed by atoms with Crippen molar-refractivity contribution in [3.63, 3.8) is 0 Å². The molecule has 0 fully saturated rings. The van der Waals surface area contributed by atoms with Gasteiger partial charge in [-0.1, -0.05) is 6.92 Å². The zero-order chi connectivity index (χ0) is 4.12. The lowest BCUT2D eigenvalue weighted by molar-refractivity contribution is 0.351. The van der Waals surface area contributed by atoms with Crippen LogP contribution < -0.4 is 0 Å². The van der Waals surface area contributed by atoms with Gasteiger partial charge < -0.3 is 0 Å². The first-order valence-corrected chi connectivity index (χ1v) is 1.96. The third-order valence-corrected chi connectivity index (χ3v) is 0.436. The minimum atomic E-state index is 0. The molecule has 1 nitrogen and oxygen atoms in total. The molecule has 0 saturated carbocycles. The van der Waals surface area contributed by atoms with Crippen molar-refractivity contribution in [2.75, 3.05) is 6.61 Å². The summed E-state index contributed by atoms with van der Waals surface area (Å²) >= 11 is 4.80. The Hall–Kier alpha value is 1.02. The van der Waals surface area contributed by atoms with Crippen molar-refractivity contribution in [3.8, 4) is 0 Å². The zero-order valence-corrected chi connectivity index (χ0v) is 3.96. The fourth-order valence-electron chi connectivity index (χ4n) is 0.0772. The van der Waals surface area contributed by atoms with E-state index in [1.807, 2.05) is 6.92 Å². The van der Waals surface area contributed by atoms with Crippen LogP contribution in [0.2, 0.25) is 0 Å². The Morgan fingerprint density at radius 1 is 1.67 bits per heavy atom. The second kappa shape index (κ2) is 9.39. The molecule has 36 valence electrons. The van der Waals surface area contributed by atoms with Crippen molar-refractivity contribution in [2.24, 2.45) is 0 Å². The van der Waals surface area contributed by atoms with Gasteiger partial charge in [0.1, 0.15) is 0 Å². The monoisotopic (exact) mass is 120 g/mol. The van der Waals surface area contributed by atoms with Crippen LogP contribution in [0.15, 0.2) is 0 Å². The summed E-state index contributed by atoms with van der Waals surface area (Å²) < 4.78 is 4.16. The van der Waals surface area contributed by atoms with Gasteiger partial charge in [0.05, 0.1) is 18.5 Å². The average Bonchev–Trinajstić information content (AvgIpc) is 1.41. The van der Waals surface area contributed by atoms with E-state index >= 15 is 0 Å². The van der Waals surface area contributed by atoms with E-state index in [2.05, 4.69) is 4.29 Å². The highest BCUT2D eigenvalue weighted by molar-refractivity contribution is 6.07. The molecule has 0 aromatic heterocycles. The fourth-order valence-corrected chi connectivity index (χ4v) is 0.231. The molecule has 0 spiro atoms. The van der Waals surface area contributed by atoms with Gasteiger partial charge in [0.15, 0.2) is 0 Å². The normalized spacial score (nSPS) is 7.00. The van der Waals surface area contributed by atoms with Gasteiger partial charge in [-0.05, 0) is 6.42 Å². The van der Waals surface area contributed by atoms with Crippen LogP contribution in [-0.4, -0.2) is 29.7 Å².